The van der Waals surface area contributed by atoms with Crippen molar-refractivity contribution in [3.63, 3.8) is 0 Å². The van der Waals surface area contributed by atoms with Gasteiger partial charge in [-0.2, -0.15) is 0 Å². The summed E-state index contributed by atoms with van der Waals surface area (Å²) in [6.07, 6.45) is 0. The zero-order chi connectivity index (χ0) is 9.14. The van der Waals surface area contributed by atoms with Crippen LogP contribution >= 0.6 is 0 Å². The molecule has 2 N–H and O–H groups in total. The molecule has 0 atom stereocenters. The maximum Gasteiger partial charge on any atom is 0.336 e. The van der Waals surface area contributed by atoms with E-state index in [2.05, 4.69) is 0 Å². The van der Waals surface area contributed by atoms with E-state index in [4.69, 9.17) is 10.2 Å². The third-order valence-corrected chi connectivity index (χ3v) is 1.39. The maximum atomic E-state index is 10.5. The van der Waals surface area contributed by atoms with E-state index in [9.17, 15) is 9.59 Å². The molecule has 13 heavy (non-hydrogen) atoms. The quantitative estimate of drug-likeness (QED) is 0.790. The second-order valence-electron chi connectivity index (χ2n) is 2.16. The summed E-state index contributed by atoms with van der Waals surface area (Å²) in [5, 5.41) is 17.1. The van der Waals surface area contributed by atoms with Crippen molar-refractivity contribution in [1.82, 2.24) is 0 Å². The summed E-state index contributed by atoms with van der Waals surface area (Å²) in [5.41, 5.74) is -0.380. The van der Waals surface area contributed by atoms with Crippen LogP contribution in [-0.4, -0.2) is 22.2 Å². The van der Waals surface area contributed by atoms with Crippen LogP contribution in [0.2, 0.25) is 0 Å². The van der Waals surface area contributed by atoms with Crippen LogP contribution in [0.15, 0.2) is 24.3 Å². The molecule has 0 radical (unpaired) electrons. The fraction of sp³-hybridized carbons (Fsp3) is 0. The predicted octanol–water partition coefficient (Wildman–Crippen LogP) is 1.08. The fourth-order valence-corrected chi connectivity index (χ4v) is 0.856. The Morgan fingerprint density at radius 1 is 0.923 bits per heavy atom. The molecular formula is C8H6O4Pd. The molecule has 4 nitrogen and oxygen atoms in total. The van der Waals surface area contributed by atoms with E-state index in [1.807, 2.05) is 0 Å². The number of aromatic carboxylic acids is 2. The predicted molar refractivity (Wildman–Crippen MR) is 40.4 cm³/mol. The number of hydrogen-bond donors (Lipinski definition) is 2. The van der Waals surface area contributed by atoms with Crippen molar-refractivity contribution in [1.29, 1.82) is 0 Å². The van der Waals surface area contributed by atoms with Crippen molar-refractivity contribution in [2.45, 2.75) is 0 Å². The SMILES string of the molecule is O=C(O)c1ccccc1C(=O)O.[Pd]. The number of carboxylic acid groups (broad SMARTS) is 2. The molecule has 0 amide bonds. The van der Waals surface area contributed by atoms with E-state index < -0.39 is 11.9 Å². The summed E-state index contributed by atoms with van der Waals surface area (Å²) in [6.45, 7) is 0. The van der Waals surface area contributed by atoms with E-state index in [-0.39, 0.29) is 31.5 Å². The molecule has 0 spiro atoms. The Balaban J connectivity index is 0.00000144. The van der Waals surface area contributed by atoms with Gasteiger partial charge in [-0.1, -0.05) is 12.1 Å². The van der Waals surface area contributed by atoms with Gasteiger partial charge in [0.2, 0.25) is 0 Å². The third kappa shape index (κ3) is 2.65. The monoisotopic (exact) mass is 272 g/mol. The van der Waals surface area contributed by atoms with Gasteiger partial charge in [-0.3, -0.25) is 0 Å². The van der Waals surface area contributed by atoms with Crippen LogP contribution in [0.25, 0.3) is 0 Å². The van der Waals surface area contributed by atoms with Crippen LogP contribution < -0.4 is 0 Å². The van der Waals surface area contributed by atoms with Gasteiger partial charge in [0, 0.05) is 20.4 Å². The Kier molecular flexibility index (Phi) is 4.32. The van der Waals surface area contributed by atoms with Crippen molar-refractivity contribution < 1.29 is 40.2 Å². The first-order valence-electron chi connectivity index (χ1n) is 3.18. The minimum Gasteiger partial charge on any atom is -0.478 e. The number of benzene rings is 1. The molecule has 1 rings (SSSR count). The van der Waals surface area contributed by atoms with Gasteiger partial charge in [-0.05, 0) is 12.1 Å². The van der Waals surface area contributed by atoms with Gasteiger partial charge >= 0.3 is 11.9 Å². The number of rotatable bonds is 2. The van der Waals surface area contributed by atoms with Crippen molar-refractivity contribution in [2.75, 3.05) is 0 Å². The third-order valence-electron chi connectivity index (χ3n) is 1.39. The van der Waals surface area contributed by atoms with Crippen LogP contribution in [0, 0.1) is 0 Å². The number of hydrogen-bond acceptors (Lipinski definition) is 2. The zero-order valence-electron chi connectivity index (χ0n) is 6.34. The normalized spacial score (nSPS) is 8.62. The molecule has 0 aliphatic heterocycles. The molecule has 0 saturated heterocycles. The van der Waals surface area contributed by atoms with Crippen LogP contribution in [0.3, 0.4) is 0 Å². The zero-order valence-corrected chi connectivity index (χ0v) is 7.89. The van der Waals surface area contributed by atoms with Crippen molar-refractivity contribution >= 4 is 11.9 Å². The molecule has 0 aliphatic rings. The molecule has 0 heterocycles. The molecule has 1 aromatic rings. The average Bonchev–Trinajstić information content (AvgIpc) is 2.04. The fourth-order valence-electron chi connectivity index (χ4n) is 0.856. The van der Waals surface area contributed by atoms with E-state index in [1.54, 1.807) is 0 Å². The average molecular weight is 273 g/mol. The van der Waals surface area contributed by atoms with Gasteiger partial charge in [-0.15, -0.1) is 0 Å². The van der Waals surface area contributed by atoms with Crippen LogP contribution in [0.4, 0.5) is 0 Å². The van der Waals surface area contributed by atoms with E-state index in [0.29, 0.717) is 0 Å². The van der Waals surface area contributed by atoms with Crippen LogP contribution in [0.5, 0.6) is 0 Å². The molecule has 0 aromatic heterocycles. The Morgan fingerprint density at radius 3 is 1.46 bits per heavy atom. The van der Waals surface area contributed by atoms with Gasteiger partial charge in [0.05, 0.1) is 11.1 Å². The summed E-state index contributed by atoms with van der Waals surface area (Å²) in [7, 11) is 0. The van der Waals surface area contributed by atoms with Gasteiger partial charge in [0.25, 0.3) is 0 Å². The summed E-state index contributed by atoms with van der Waals surface area (Å²) in [6, 6.07) is 5.48. The van der Waals surface area contributed by atoms with Crippen molar-refractivity contribution in [2.24, 2.45) is 0 Å². The van der Waals surface area contributed by atoms with E-state index in [0.717, 1.165) is 0 Å². The smallest absolute Gasteiger partial charge is 0.336 e. The van der Waals surface area contributed by atoms with Crippen LogP contribution in [-0.2, 0) is 20.4 Å². The molecule has 0 fully saturated rings. The van der Waals surface area contributed by atoms with Crippen molar-refractivity contribution in [3.8, 4) is 0 Å². The molecule has 0 saturated carbocycles. The van der Waals surface area contributed by atoms with Gasteiger partial charge in [0.1, 0.15) is 0 Å². The molecule has 0 bridgehead atoms. The Morgan fingerprint density at radius 2 is 1.23 bits per heavy atom. The Hall–Kier alpha value is -1.18. The molecule has 5 heteroatoms. The molecule has 72 valence electrons. The number of carboxylic acids is 2. The molecule has 1 aromatic carbocycles. The van der Waals surface area contributed by atoms with E-state index >= 15 is 0 Å². The van der Waals surface area contributed by atoms with Gasteiger partial charge in [0.15, 0.2) is 0 Å². The minimum absolute atomic E-state index is 0. The standard InChI is InChI=1S/C8H6O4.Pd/c9-7(10)5-3-1-2-4-6(5)8(11)12;/h1-4H,(H,9,10)(H,11,12);. The van der Waals surface area contributed by atoms with Crippen LogP contribution in [0.1, 0.15) is 20.7 Å². The topological polar surface area (TPSA) is 74.6 Å². The second kappa shape index (κ2) is 4.75. The summed E-state index contributed by atoms with van der Waals surface area (Å²) < 4.78 is 0. The maximum absolute atomic E-state index is 10.5. The first-order valence-corrected chi connectivity index (χ1v) is 3.18. The Bertz CT molecular complexity index is 302. The summed E-state index contributed by atoms with van der Waals surface area (Å²) >= 11 is 0. The largest absolute Gasteiger partial charge is 0.478 e. The minimum atomic E-state index is -1.23. The van der Waals surface area contributed by atoms with Crippen molar-refractivity contribution in [3.05, 3.63) is 35.4 Å². The van der Waals surface area contributed by atoms with E-state index in [1.165, 1.54) is 24.3 Å². The molecular weight excluding hydrogens is 267 g/mol. The first kappa shape index (κ1) is 11.8. The first-order chi connectivity index (χ1) is 5.63. The summed E-state index contributed by atoms with van der Waals surface area (Å²) in [4.78, 5) is 20.9. The van der Waals surface area contributed by atoms with Gasteiger partial charge in [-0.25, -0.2) is 9.59 Å². The molecule has 0 unspecified atom stereocenters. The van der Waals surface area contributed by atoms with Gasteiger partial charge < -0.3 is 10.2 Å². The Labute approximate surface area is 87.9 Å². The summed E-state index contributed by atoms with van der Waals surface area (Å²) in [5.74, 6) is -2.46. The molecule has 0 aliphatic carbocycles. The second-order valence-corrected chi connectivity index (χ2v) is 2.16. The number of carbonyl (C=O) groups is 2.